The fourth-order valence-electron chi connectivity index (χ4n) is 2.56. The number of aromatic nitrogens is 2. The van der Waals surface area contributed by atoms with Gasteiger partial charge in [0, 0.05) is 25.9 Å². The van der Waals surface area contributed by atoms with Crippen molar-refractivity contribution in [2.45, 2.75) is 26.2 Å². The SMILES string of the molecule is CCNc1nccc(NCC2CCCC2CO)n1. The fourth-order valence-corrected chi connectivity index (χ4v) is 2.56. The van der Waals surface area contributed by atoms with Gasteiger partial charge in [0.1, 0.15) is 5.82 Å². The van der Waals surface area contributed by atoms with Crippen LogP contribution in [0.5, 0.6) is 0 Å². The highest BCUT2D eigenvalue weighted by Gasteiger charge is 2.26. The summed E-state index contributed by atoms with van der Waals surface area (Å²) >= 11 is 0. The highest BCUT2D eigenvalue weighted by Crippen LogP contribution is 2.31. The monoisotopic (exact) mass is 250 g/mol. The van der Waals surface area contributed by atoms with Crippen LogP contribution in [0.1, 0.15) is 26.2 Å². The Bertz CT molecular complexity index is 372. The van der Waals surface area contributed by atoms with Gasteiger partial charge in [0.15, 0.2) is 0 Å². The Morgan fingerprint density at radius 2 is 2.17 bits per heavy atom. The molecule has 0 spiro atoms. The maximum atomic E-state index is 9.28. The molecule has 5 heteroatoms. The van der Waals surface area contributed by atoms with Crippen LogP contribution in [0.2, 0.25) is 0 Å². The minimum atomic E-state index is 0.304. The van der Waals surface area contributed by atoms with Crippen molar-refractivity contribution in [2.24, 2.45) is 11.8 Å². The van der Waals surface area contributed by atoms with Gasteiger partial charge in [-0.1, -0.05) is 6.42 Å². The number of anilines is 2. The van der Waals surface area contributed by atoms with Crippen LogP contribution in [0.4, 0.5) is 11.8 Å². The number of nitrogens with one attached hydrogen (secondary N) is 2. The maximum absolute atomic E-state index is 9.28. The fraction of sp³-hybridized carbons (Fsp3) is 0.692. The van der Waals surface area contributed by atoms with Crippen molar-refractivity contribution in [3.63, 3.8) is 0 Å². The van der Waals surface area contributed by atoms with Gasteiger partial charge in [-0.05, 0) is 37.7 Å². The van der Waals surface area contributed by atoms with E-state index < -0.39 is 0 Å². The lowest BCUT2D eigenvalue weighted by Gasteiger charge is -2.18. The van der Waals surface area contributed by atoms with Gasteiger partial charge in [0.25, 0.3) is 0 Å². The molecule has 1 aromatic heterocycles. The van der Waals surface area contributed by atoms with Gasteiger partial charge >= 0.3 is 0 Å². The molecule has 0 radical (unpaired) electrons. The molecule has 1 aromatic rings. The van der Waals surface area contributed by atoms with Crippen LogP contribution in [0.3, 0.4) is 0 Å². The molecule has 0 aliphatic heterocycles. The molecule has 0 bridgehead atoms. The third-order valence-corrected chi connectivity index (χ3v) is 3.59. The van der Waals surface area contributed by atoms with Crippen LogP contribution in [0.15, 0.2) is 12.3 Å². The van der Waals surface area contributed by atoms with Crippen molar-refractivity contribution in [3.05, 3.63) is 12.3 Å². The molecule has 1 aliphatic carbocycles. The highest BCUT2D eigenvalue weighted by atomic mass is 16.3. The molecule has 0 saturated heterocycles. The van der Waals surface area contributed by atoms with Crippen molar-refractivity contribution < 1.29 is 5.11 Å². The summed E-state index contributed by atoms with van der Waals surface area (Å²) in [6, 6.07) is 1.88. The lowest BCUT2D eigenvalue weighted by atomic mass is 9.97. The number of aliphatic hydroxyl groups excluding tert-OH is 1. The van der Waals surface area contributed by atoms with E-state index in [0.717, 1.165) is 25.3 Å². The molecule has 3 N–H and O–H groups in total. The summed E-state index contributed by atoms with van der Waals surface area (Å²) in [5.41, 5.74) is 0. The molecule has 18 heavy (non-hydrogen) atoms. The predicted molar refractivity (Wildman–Crippen MR) is 72.6 cm³/mol. The van der Waals surface area contributed by atoms with Gasteiger partial charge in [0.2, 0.25) is 5.95 Å². The molecule has 1 heterocycles. The topological polar surface area (TPSA) is 70.1 Å². The second-order valence-corrected chi connectivity index (χ2v) is 4.81. The molecule has 0 amide bonds. The van der Waals surface area contributed by atoms with E-state index in [1.54, 1.807) is 6.20 Å². The van der Waals surface area contributed by atoms with Crippen LogP contribution in [-0.4, -0.2) is 34.8 Å². The summed E-state index contributed by atoms with van der Waals surface area (Å²) in [6.45, 7) is 4.03. The van der Waals surface area contributed by atoms with E-state index in [1.165, 1.54) is 12.8 Å². The van der Waals surface area contributed by atoms with E-state index in [2.05, 4.69) is 20.6 Å². The van der Waals surface area contributed by atoms with Crippen molar-refractivity contribution in [1.29, 1.82) is 0 Å². The molecular formula is C13H22N4O. The Kier molecular flexibility index (Phi) is 4.75. The van der Waals surface area contributed by atoms with Crippen LogP contribution in [0.25, 0.3) is 0 Å². The largest absolute Gasteiger partial charge is 0.396 e. The molecule has 5 nitrogen and oxygen atoms in total. The van der Waals surface area contributed by atoms with Crippen LogP contribution in [-0.2, 0) is 0 Å². The molecule has 1 fully saturated rings. The summed E-state index contributed by atoms with van der Waals surface area (Å²) in [7, 11) is 0. The van der Waals surface area contributed by atoms with Crippen molar-refractivity contribution in [1.82, 2.24) is 9.97 Å². The summed E-state index contributed by atoms with van der Waals surface area (Å²) < 4.78 is 0. The first-order valence-electron chi connectivity index (χ1n) is 6.75. The Labute approximate surface area is 108 Å². The second-order valence-electron chi connectivity index (χ2n) is 4.81. The summed E-state index contributed by atoms with van der Waals surface area (Å²) in [5, 5.41) is 15.7. The zero-order valence-corrected chi connectivity index (χ0v) is 10.9. The minimum absolute atomic E-state index is 0.304. The quantitative estimate of drug-likeness (QED) is 0.717. The minimum Gasteiger partial charge on any atom is -0.396 e. The van der Waals surface area contributed by atoms with Gasteiger partial charge in [-0.3, -0.25) is 0 Å². The molecular weight excluding hydrogens is 228 g/mol. The number of nitrogens with zero attached hydrogens (tertiary/aromatic N) is 2. The maximum Gasteiger partial charge on any atom is 0.224 e. The zero-order valence-electron chi connectivity index (χ0n) is 10.9. The molecule has 2 unspecified atom stereocenters. The number of aliphatic hydroxyl groups is 1. The Morgan fingerprint density at radius 1 is 1.33 bits per heavy atom. The van der Waals surface area contributed by atoms with Crippen molar-refractivity contribution in [3.8, 4) is 0 Å². The third-order valence-electron chi connectivity index (χ3n) is 3.59. The first-order chi connectivity index (χ1) is 8.83. The lowest BCUT2D eigenvalue weighted by molar-refractivity contribution is 0.199. The third kappa shape index (κ3) is 3.32. The first kappa shape index (κ1) is 13.1. The summed E-state index contributed by atoms with van der Waals surface area (Å²) in [4.78, 5) is 8.52. The Morgan fingerprint density at radius 3 is 2.94 bits per heavy atom. The van der Waals surface area contributed by atoms with Crippen LogP contribution in [0, 0.1) is 11.8 Å². The summed E-state index contributed by atoms with van der Waals surface area (Å²) in [5.74, 6) is 2.53. The smallest absolute Gasteiger partial charge is 0.224 e. The molecule has 1 aliphatic rings. The number of rotatable bonds is 6. The second kappa shape index (κ2) is 6.54. The van der Waals surface area contributed by atoms with E-state index in [0.29, 0.717) is 24.4 Å². The predicted octanol–water partition coefficient (Wildman–Crippen LogP) is 1.73. The average molecular weight is 250 g/mol. The van der Waals surface area contributed by atoms with Gasteiger partial charge in [0.05, 0.1) is 0 Å². The molecule has 2 atom stereocenters. The van der Waals surface area contributed by atoms with E-state index in [1.807, 2.05) is 13.0 Å². The normalized spacial score (nSPS) is 23.0. The highest BCUT2D eigenvalue weighted by molar-refractivity contribution is 5.39. The van der Waals surface area contributed by atoms with E-state index in [4.69, 9.17) is 0 Å². The van der Waals surface area contributed by atoms with E-state index >= 15 is 0 Å². The molecule has 1 saturated carbocycles. The van der Waals surface area contributed by atoms with Gasteiger partial charge < -0.3 is 15.7 Å². The molecule has 100 valence electrons. The first-order valence-corrected chi connectivity index (χ1v) is 6.75. The Hall–Kier alpha value is -1.36. The number of hydrogen-bond donors (Lipinski definition) is 3. The molecule has 2 rings (SSSR count). The lowest BCUT2D eigenvalue weighted by Crippen LogP contribution is -2.21. The van der Waals surface area contributed by atoms with Gasteiger partial charge in [-0.2, -0.15) is 4.98 Å². The van der Waals surface area contributed by atoms with E-state index in [-0.39, 0.29) is 0 Å². The van der Waals surface area contributed by atoms with Crippen molar-refractivity contribution >= 4 is 11.8 Å². The standard InChI is InChI=1S/C13H22N4O/c1-2-14-13-15-7-6-12(17-13)16-8-10-4-3-5-11(10)9-18/h6-7,10-11,18H,2-5,8-9H2,1H3,(H2,14,15,16,17). The van der Waals surface area contributed by atoms with Crippen molar-refractivity contribution in [2.75, 3.05) is 30.3 Å². The molecule has 0 aromatic carbocycles. The van der Waals surface area contributed by atoms with E-state index in [9.17, 15) is 5.11 Å². The van der Waals surface area contributed by atoms with Crippen LogP contribution < -0.4 is 10.6 Å². The average Bonchev–Trinajstić information content (AvgIpc) is 2.84. The Balaban J connectivity index is 1.87. The van der Waals surface area contributed by atoms with Gasteiger partial charge in [-0.15, -0.1) is 0 Å². The summed E-state index contributed by atoms with van der Waals surface area (Å²) in [6.07, 6.45) is 5.33. The number of hydrogen-bond acceptors (Lipinski definition) is 5. The van der Waals surface area contributed by atoms with Gasteiger partial charge in [-0.25, -0.2) is 4.98 Å². The van der Waals surface area contributed by atoms with Crippen LogP contribution >= 0.6 is 0 Å². The zero-order chi connectivity index (χ0) is 12.8.